The van der Waals surface area contributed by atoms with Crippen molar-refractivity contribution in [3.8, 4) is 28.4 Å². The van der Waals surface area contributed by atoms with Crippen LogP contribution in [0, 0.1) is 0 Å². The number of hydrogen-bond donors (Lipinski definition) is 2. The zero-order chi connectivity index (χ0) is 25.2. The first-order valence-electron chi connectivity index (χ1n) is 11.3. The summed E-state index contributed by atoms with van der Waals surface area (Å²) in [5.74, 6) is 0.761. The van der Waals surface area contributed by atoms with Crippen LogP contribution in [0.4, 0.5) is 4.79 Å². The number of hydrogen-bond acceptors (Lipinski definition) is 5. The van der Waals surface area contributed by atoms with Crippen LogP contribution in [0.5, 0.6) is 17.2 Å². The van der Waals surface area contributed by atoms with E-state index in [-0.39, 0.29) is 11.7 Å². The zero-order valence-corrected chi connectivity index (χ0v) is 20.4. The van der Waals surface area contributed by atoms with E-state index in [2.05, 4.69) is 12.2 Å². The van der Waals surface area contributed by atoms with Gasteiger partial charge in [0, 0.05) is 11.6 Å². The molecule has 0 radical (unpaired) electrons. The number of carboxylic acid groups (broad SMARTS) is 1. The normalized spacial score (nSPS) is 10.5. The summed E-state index contributed by atoms with van der Waals surface area (Å²) < 4.78 is 15.7. The molecule has 3 rings (SSSR count). The van der Waals surface area contributed by atoms with E-state index in [0.29, 0.717) is 41.7 Å². The van der Waals surface area contributed by atoms with Crippen LogP contribution >= 0.6 is 11.6 Å². The van der Waals surface area contributed by atoms with Gasteiger partial charge in [0.2, 0.25) is 0 Å². The molecule has 35 heavy (non-hydrogen) atoms. The Morgan fingerprint density at radius 3 is 2.34 bits per heavy atom. The smallest absolute Gasteiger partial charge is 0.493 e. The predicted octanol–water partition coefficient (Wildman–Crippen LogP) is 6.22. The maximum absolute atomic E-state index is 12.7. The first-order valence-corrected chi connectivity index (χ1v) is 11.7. The summed E-state index contributed by atoms with van der Waals surface area (Å²) in [5, 5.41) is 12.2. The molecule has 3 aromatic rings. The molecule has 3 aromatic carbocycles. The quantitative estimate of drug-likeness (QED) is 0.185. The monoisotopic (exact) mass is 497 g/mol. The lowest BCUT2D eigenvalue weighted by Gasteiger charge is -2.12. The average molecular weight is 498 g/mol. The minimum Gasteiger partial charge on any atom is -0.493 e. The maximum Gasteiger partial charge on any atom is 0.511 e. The Bertz CT molecular complexity index is 1160. The van der Waals surface area contributed by atoms with Crippen molar-refractivity contribution in [2.75, 3.05) is 20.3 Å². The first kappa shape index (κ1) is 25.9. The fourth-order valence-corrected chi connectivity index (χ4v) is 3.61. The molecule has 0 saturated carbocycles. The molecular weight excluding hydrogens is 470 g/mol. The standard InChI is InChI=1S/C27H28ClNO6/c1-3-4-15-34-23-12-10-21(28)17-22(23)26(30)29-14-13-18-5-7-19(8-6-18)20-9-11-24(35-27(31)32)25(16-20)33-2/h5-12,16-17H,3-4,13-15H2,1-2H3,(H,29,30)(H,31,32). The SMILES string of the molecule is CCCCOc1ccc(Cl)cc1C(=O)NCCc1ccc(-c2ccc(OC(=O)O)c(OC)c2)cc1. The van der Waals surface area contributed by atoms with Crippen LogP contribution < -0.4 is 19.5 Å². The molecule has 0 unspecified atom stereocenters. The summed E-state index contributed by atoms with van der Waals surface area (Å²) in [7, 11) is 1.45. The molecule has 0 heterocycles. The van der Waals surface area contributed by atoms with Crippen LogP contribution in [0.3, 0.4) is 0 Å². The summed E-state index contributed by atoms with van der Waals surface area (Å²) in [6.07, 6.45) is 1.16. The largest absolute Gasteiger partial charge is 0.511 e. The highest BCUT2D eigenvalue weighted by molar-refractivity contribution is 6.31. The number of halogens is 1. The van der Waals surface area contributed by atoms with Crippen LogP contribution in [0.15, 0.2) is 60.7 Å². The molecule has 184 valence electrons. The molecule has 0 atom stereocenters. The summed E-state index contributed by atoms with van der Waals surface area (Å²) >= 11 is 6.09. The number of nitrogens with one attached hydrogen (secondary N) is 1. The second-order valence-corrected chi connectivity index (χ2v) is 8.22. The van der Waals surface area contributed by atoms with Gasteiger partial charge in [-0.15, -0.1) is 0 Å². The Labute approximate surface area is 209 Å². The Kier molecular flexibility index (Phi) is 9.38. The number of rotatable bonds is 11. The molecule has 2 N–H and O–H groups in total. The van der Waals surface area contributed by atoms with Crippen LogP contribution in [-0.2, 0) is 6.42 Å². The number of carbonyl (C=O) groups excluding carboxylic acids is 1. The van der Waals surface area contributed by atoms with Crippen molar-refractivity contribution in [2.45, 2.75) is 26.2 Å². The minimum atomic E-state index is -1.40. The van der Waals surface area contributed by atoms with Crippen molar-refractivity contribution in [2.24, 2.45) is 0 Å². The van der Waals surface area contributed by atoms with Gasteiger partial charge in [0.05, 0.1) is 19.3 Å². The van der Waals surface area contributed by atoms with Gasteiger partial charge in [-0.2, -0.15) is 0 Å². The van der Waals surface area contributed by atoms with E-state index >= 15 is 0 Å². The second kappa shape index (κ2) is 12.7. The maximum atomic E-state index is 12.7. The molecule has 0 fully saturated rings. The van der Waals surface area contributed by atoms with E-state index in [1.165, 1.54) is 7.11 Å². The van der Waals surface area contributed by atoms with Crippen LogP contribution in [-0.4, -0.2) is 37.4 Å². The van der Waals surface area contributed by atoms with Crippen LogP contribution in [0.1, 0.15) is 35.7 Å². The van der Waals surface area contributed by atoms with Gasteiger partial charge in [-0.25, -0.2) is 4.79 Å². The summed E-state index contributed by atoms with van der Waals surface area (Å²) in [5.41, 5.74) is 3.27. The molecule has 0 aliphatic rings. The van der Waals surface area contributed by atoms with E-state index in [0.717, 1.165) is 29.5 Å². The molecule has 0 spiro atoms. The van der Waals surface area contributed by atoms with Crippen molar-refractivity contribution in [3.63, 3.8) is 0 Å². The lowest BCUT2D eigenvalue weighted by molar-refractivity contribution is 0.0949. The molecule has 1 amide bonds. The van der Waals surface area contributed by atoms with E-state index in [1.807, 2.05) is 24.3 Å². The number of ether oxygens (including phenoxy) is 3. The highest BCUT2D eigenvalue weighted by atomic mass is 35.5. The van der Waals surface area contributed by atoms with Crippen molar-refractivity contribution < 1.29 is 28.9 Å². The van der Waals surface area contributed by atoms with Gasteiger partial charge in [0.15, 0.2) is 11.5 Å². The first-order chi connectivity index (χ1) is 16.9. The van der Waals surface area contributed by atoms with Crippen molar-refractivity contribution in [3.05, 3.63) is 76.8 Å². The van der Waals surface area contributed by atoms with Gasteiger partial charge < -0.3 is 24.6 Å². The van der Waals surface area contributed by atoms with E-state index in [9.17, 15) is 9.59 Å². The molecule has 0 saturated heterocycles. The van der Waals surface area contributed by atoms with Crippen LogP contribution in [0.2, 0.25) is 5.02 Å². The Balaban J connectivity index is 1.60. The number of amides is 1. The van der Waals surface area contributed by atoms with Gasteiger partial charge in [0.1, 0.15) is 5.75 Å². The molecule has 0 bridgehead atoms. The Hall–Kier alpha value is -3.71. The second-order valence-electron chi connectivity index (χ2n) is 7.78. The predicted molar refractivity (Wildman–Crippen MR) is 135 cm³/mol. The lowest BCUT2D eigenvalue weighted by Crippen LogP contribution is -2.26. The van der Waals surface area contributed by atoms with Crippen LogP contribution in [0.25, 0.3) is 11.1 Å². The fourth-order valence-electron chi connectivity index (χ4n) is 3.44. The van der Waals surface area contributed by atoms with Gasteiger partial charge in [-0.05, 0) is 59.9 Å². The van der Waals surface area contributed by atoms with Gasteiger partial charge in [-0.1, -0.05) is 55.3 Å². The number of benzene rings is 3. The summed E-state index contributed by atoms with van der Waals surface area (Å²) in [6, 6.07) is 18.0. The number of methoxy groups -OCH3 is 1. The van der Waals surface area contributed by atoms with Gasteiger partial charge >= 0.3 is 6.16 Å². The average Bonchev–Trinajstić information content (AvgIpc) is 2.85. The Morgan fingerprint density at radius 1 is 0.943 bits per heavy atom. The molecular formula is C27H28ClNO6. The van der Waals surface area contributed by atoms with Crippen molar-refractivity contribution in [1.29, 1.82) is 0 Å². The van der Waals surface area contributed by atoms with E-state index < -0.39 is 6.16 Å². The minimum absolute atomic E-state index is 0.134. The lowest BCUT2D eigenvalue weighted by atomic mass is 10.0. The van der Waals surface area contributed by atoms with Crippen molar-refractivity contribution >= 4 is 23.7 Å². The molecule has 8 heteroatoms. The third kappa shape index (κ3) is 7.39. The van der Waals surface area contributed by atoms with E-state index in [1.54, 1.807) is 36.4 Å². The third-order valence-corrected chi connectivity index (χ3v) is 5.52. The van der Waals surface area contributed by atoms with Gasteiger partial charge in [0.25, 0.3) is 5.91 Å². The summed E-state index contributed by atoms with van der Waals surface area (Å²) in [4.78, 5) is 23.5. The Morgan fingerprint density at radius 2 is 1.66 bits per heavy atom. The molecule has 0 aromatic heterocycles. The molecule has 0 aliphatic heterocycles. The van der Waals surface area contributed by atoms with E-state index in [4.69, 9.17) is 30.9 Å². The molecule has 7 nitrogen and oxygen atoms in total. The number of carbonyl (C=O) groups is 2. The number of unbranched alkanes of at least 4 members (excludes halogenated alkanes) is 1. The molecule has 0 aliphatic carbocycles. The topological polar surface area (TPSA) is 94.1 Å². The zero-order valence-electron chi connectivity index (χ0n) is 19.7. The highest BCUT2D eigenvalue weighted by Crippen LogP contribution is 2.32. The fraction of sp³-hybridized carbons (Fsp3) is 0.259. The van der Waals surface area contributed by atoms with Crippen molar-refractivity contribution in [1.82, 2.24) is 5.32 Å². The summed E-state index contributed by atoms with van der Waals surface area (Å²) in [6.45, 7) is 3.08. The third-order valence-electron chi connectivity index (χ3n) is 5.29. The van der Waals surface area contributed by atoms with Gasteiger partial charge in [-0.3, -0.25) is 4.79 Å². The highest BCUT2D eigenvalue weighted by Gasteiger charge is 2.14.